The lowest BCUT2D eigenvalue weighted by Gasteiger charge is -2.23. The zero-order valence-electron chi connectivity index (χ0n) is 20.9. The molecule has 0 saturated carbocycles. The summed E-state index contributed by atoms with van der Waals surface area (Å²) >= 11 is 7.22. The number of benzene rings is 2. The average Bonchev–Trinajstić information content (AvgIpc) is 3.32. The first-order valence-electron chi connectivity index (χ1n) is 11.7. The van der Waals surface area contributed by atoms with Crippen LogP contribution >= 0.6 is 22.9 Å². The minimum atomic E-state index is -0.220. The van der Waals surface area contributed by atoms with E-state index in [1.165, 1.54) is 11.3 Å². The summed E-state index contributed by atoms with van der Waals surface area (Å²) in [6, 6.07) is 13.0. The van der Waals surface area contributed by atoms with E-state index in [4.69, 9.17) is 21.1 Å². The molecule has 0 aliphatic carbocycles. The molecule has 0 radical (unpaired) electrons. The molecule has 10 heteroatoms. The number of carbonyl (C=O) groups is 2. The number of anilines is 1. The minimum Gasteiger partial charge on any atom is -0.493 e. The molecule has 0 bridgehead atoms. The normalized spacial score (nSPS) is 10.8. The molecule has 8 nitrogen and oxygen atoms in total. The van der Waals surface area contributed by atoms with Gasteiger partial charge >= 0.3 is 0 Å². The quantitative estimate of drug-likeness (QED) is 0.340. The highest BCUT2D eigenvalue weighted by Crippen LogP contribution is 2.28. The highest BCUT2D eigenvalue weighted by atomic mass is 35.5. The van der Waals surface area contributed by atoms with Crippen LogP contribution in [0.4, 0.5) is 5.13 Å². The van der Waals surface area contributed by atoms with Gasteiger partial charge in [-0.1, -0.05) is 55.0 Å². The number of halogens is 1. The Bertz CT molecular complexity index is 1170. The third kappa shape index (κ3) is 7.93. The van der Waals surface area contributed by atoms with Crippen LogP contribution in [-0.2, 0) is 16.0 Å². The molecule has 0 saturated heterocycles. The zero-order chi connectivity index (χ0) is 26.1. The van der Waals surface area contributed by atoms with Crippen LogP contribution in [-0.4, -0.2) is 54.2 Å². The second kappa shape index (κ2) is 13.2. The van der Waals surface area contributed by atoms with Crippen molar-refractivity contribution < 1.29 is 19.1 Å². The van der Waals surface area contributed by atoms with Crippen molar-refractivity contribution in [3.05, 3.63) is 53.1 Å². The maximum Gasteiger partial charge on any atom is 0.227 e. The third-order valence-electron chi connectivity index (χ3n) is 5.43. The van der Waals surface area contributed by atoms with Crippen molar-refractivity contribution >= 4 is 39.9 Å². The van der Waals surface area contributed by atoms with Crippen molar-refractivity contribution in [2.75, 3.05) is 32.6 Å². The molecule has 1 aromatic heterocycles. The van der Waals surface area contributed by atoms with Crippen LogP contribution in [0.5, 0.6) is 11.5 Å². The molecule has 0 unspecified atom stereocenters. The molecule has 0 aliphatic heterocycles. The molecule has 0 aliphatic rings. The van der Waals surface area contributed by atoms with Gasteiger partial charge in [-0.3, -0.25) is 9.59 Å². The second-order valence-electron chi connectivity index (χ2n) is 8.64. The van der Waals surface area contributed by atoms with Crippen LogP contribution in [0, 0.1) is 5.92 Å². The lowest BCUT2D eigenvalue weighted by molar-refractivity contribution is -0.132. The van der Waals surface area contributed by atoms with Gasteiger partial charge in [-0.05, 0) is 42.2 Å². The maximum absolute atomic E-state index is 12.9. The number of nitrogens with zero attached hydrogens (tertiary/aromatic N) is 3. The smallest absolute Gasteiger partial charge is 0.227 e. The van der Waals surface area contributed by atoms with Crippen LogP contribution in [0.3, 0.4) is 0 Å². The summed E-state index contributed by atoms with van der Waals surface area (Å²) < 4.78 is 10.7. The van der Waals surface area contributed by atoms with Crippen LogP contribution in [0.2, 0.25) is 5.02 Å². The Morgan fingerprint density at radius 2 is 1.75 bits per heavy atom. The molecule has 0 atom stereocenters. The summed E-state index contributed by atoms with van der Waals surface area (Å²) in [5, 5.41) is 12.7. The Morgan fingerprint density at radius 3 is 2.42 bits per heavy atom. The van der Waals surface area contributed by atoms with Crippen molar-refractivity contribution in [3.8, 4) is 22.1 Å². The largest absolute Gasteiger partial charge is 0.493 e. The first-order chi connectivity index (χ1) is 17.3. The second-order valence-corrected chi connectivity index (χ2v) is 10.0. The summed E-state index contributed by atoms with van der Waals surface area (Å²) in [6.45, 7) is 4.82. The maximum atomic E-state index is 12.9. The van der Waals surface area contributed by atoms with Gasteiger partial charge in [-0.25, -0.2) is 0 Å². The van der Waals surface area contributed by atoms with Gasteiger partial charge in [0.25, 0.3) is 0 Å². The topological polar surface area (TPSA) is 93.6 Å². The molecule has 1 heterocycles. The van der Waals surface area contributed by atoms with Gasteiger partial charge < -0.3 is 19.7 Å². The number of ether oxygens (including phenoxy) is 2. The highest BCUT2D eigenvalue weighted by Gasteiger charge is 2.18. The lowest BCUT2D eigenvalue weighted by atomic mass is 10.1. The van der Waals surface area contributed by atoms with Crippen molar-refractivity contribution in [1.82, 2.24) is 15.1 Å². The van der Waals surface area contributed by atoms with Crippen molar-refractivity contribution in [1.29, 1.82) is 0 Å². The Kier molecular flexibility index (Phi) is 10.1. The van der Waals surface area contributed by atoms with Gasteiger partial charge in [0.2, 0.25) is 16.9 Å². The van der Waals surface area contributed by atoms with Gasteiger partial charge in [-0.15, -0.1) is 10.2 Å². The number of aromatic nitrogens is 2. The van der Waals surface area contributed by atoms with Crippen LogP contribution in [0.1, 0.15) is 32.3 Å². The fraction of sp³-hybridized carbons (Fsp3) is 0.385. The van der Waals surface area contributed by atoms with Crippen molar-refractivity contribution in [3.63, 3.8) is 0 Å². The van der Waals surface area contributed by atoms with Crippen molar-refractivity contribution in [2.45, 2.75) is 33.1 Å². The third-order valence-corrected chi connectivity index (χ3v) is 6.56. The number of methoxy groups -OCH3 is 2. The fourth-order valence-electron chi connectivity index (χ4n) is 3.54. The Balaban J connectivity index is 1.59. The molecular formula is C26H31ClN4O4S. The number of carbonyl (C=O) groups excluding carboxylic acids is 2. The van der Waals surface area contributed by atoms with E-state index in [-0.39, 0.29) is 24.2 Å². The predicted octanol–water partition coefficient (Wildman–Crippen LogP) is 5.32. The molecular weight excluding hydrogens is 500 g/mol. The molecule has 36 heavy (non-hydrogen) atoms. The van der Waals surface area contributed by atoms with E-state index in [0.717, 1.165) is 11.1 Å². The summed E-state index contributed by atoms with van der Waals surface area (Å²) in [7, 11) is 3.18. The summed E-state index contributed by atoms with van der Waals surface area (Å²) in [6.07, 6.45) is 1.21. The van der Waals surface area contributed by atoms with Crippen LogP contribution in [0.25, 0.3) is 10.6 Å². The lowest BCUT2D eigenvalue weighted by Crippen LogP contribution is -2.36. The number of rotatable bonds is 12. The molecule has 0 spiro atoms. The standard InChI is InChI=1S/C26H31ClN4O4S/c1-17(2)15-24(33)31(13-11-18-5-10-21(34-3)22(16-18)35-4)14-12-23(32)28-26-30-29-25(36-26)19-6-8-20(27)9-7-19/h5-10,16-17H,11-15H2,1-4H3,(H,28,30,32). The Morgan fingerprint density at radius 1 is 1.03 bits per heavy atom. The highest BCUT2D eigenvalue weighted by molar-refractivity contribution is 7.18. The van der Waals surface area contributed by atoms with E-state index in [2.05, 4.69) is 15.5 Å². The van der Waals surface area contributed by atoms with E-state index >= 15 is 0 Å². The number of hydrogen-bond donors (Lipinski definition) is 1. The Hall–Kier alpha value is -3.17. The SMILES string of the molecule is COc1ccc(CCN(CCC(=O)Nc2nnc(-c3ccc(Cl)cc3)s2)C(=O)CC(C)C)cc1OC. The molecule has 3 rings (SSSR count). The summed E-state index contributed by atoms with van der Waals surface area (Å²) in [4.78, 5) is 27.2. The van der Waals surface area contributed by atoms with E-state index in [9.17, 15) is 9.59 Å². The monoisotopic (exact) mass is 530 g/mol. The molecule has 2 aromatic carbocycles. The summed E-state index contributed by atoms with van der Waals surface area (Å²) in [5.41, 5.74) is 1.89. The van der Waals surface area contributed by atoms with Gasteiger partial charge in [0.1, 0.15) is 5.01 Å². The molecule has 1 N–H and O–H groups in total. The number of hydrogen-bond acceptors (Lipinski definition) is 7. The first-order valence-corrected chi connectivity index (χ1v) is 12.9. The molecule has 0 fully saturated rings. The van der Waals surface area contributed by atoms with Gasteiger partial charge in [0.05, 0.1) is 14.2 Å². The number of nitrogens with one attached hydrogen (secondary N) is 1. The number of amides is 2. The summed E-state index contributed by atoms with van der Waals surface area (Å²) in [5.74, 6) is 1.33. The van der Waals surface area contributed by atoms with E-state index in [1.54, 1.807) is 31.3 Å². The van der Waals surface area contributed by atoms with E-state index < -0.39 is 0 Å². The zero-order valence-corrected chi connectivity index (χ0v) is 22.5. The van der Waals surface area contributed by atoms with Crippen LogP contribution in [0.15, 0.2) is 42.5 Å². The minimum absolute atomic E-state index is 0.0271. The fourth-order valence-corrected chi connectivity index (χ4v) is 4.43. The first kappa shape index (κ1) is 27.4. The average molecular weight is 531 g/mol. The molecule has 192 valence electrons. The van der Waals surface area contributed by atoms with Crippen LogP contribution < -0.4 is 14.8 Å². The van der Waals surface area contributed by atoms with Gasteiger partial charge in [-0.2, -0.15) is 0 Å². The molecule has 2 amide bonds. The molecule has 3 aromatic rings. The van der Waals surface area contributed by atoms with Gasteiger partial charge in [0, 0.05) is 36.5 Å². The van der Waals surface area contributed by atoms with E-state index in [1.807, 2.05) is 44.2 Å². The Labute approximate surface area is 220 Å². The van der Waals surface area contributed by atoms with Crippen molar-refractivity contribution in [2.24, 2.45) is 5.92 Å². The van der Waals surface area contributed by atoms with E-state index in [0.29, 0.717) is 52.6 Å². The van der Waals surface area contributed by atoms with Gasteiger partial charge in [0.15, 0.2) is 11.5 Å². The predicted molar refractivity (Wildman–Crippen MR) is 143 cm³/mol.